The normalized spacial score (nSPS) is 19.5. The molecule has 1 aliphatic rings. The first-order chi connectivity index (χ1) is 15.4. The van der Waals surface area contributed by atoms with E-state index < -0.39 is 5.60 Å². The average molecular weight is 436 g/mol. The van der Waals surface area contributed by atoms with E-state index in [0.717, 1.165) is 36.8 Å². The molecular formula is C25H33N5O2. The number of unbranched alkanes of at least 4 members (excludes halogenated alkanes) is 1. The number of allylic oxidation sites excluding steroid dienone is 3. The molecule has 0 radical (unpaired) electrons. The lowest BCUT2D eigenvalue weighted by atomic mass is 9.80. The molecule has 0 aromatic carbocycles. The largest absolute Gasteiger partial charge is 0.404 e. The number of fused-ring (bicyclic) bond motifs is 1. The van der Waals surface area contributed by atoms with Gasteiger partial charge in [0.25, 0.3) is 5.56 Å². The number of ether oxygens (including phenoxy) is 1. The first-order valence-electron chi connectivity index (χ1n) is 11.1. The minimum absolute atomic E-state index is 0.144. The van der Waals surface area contributed by atoms with Crippen LogP contribution < -0.4 is 11.3 Å². The van der Waals surface area contributed by atoms with E-state index in [2.05, 4.69) is 36.0 Å². The SMILES string of the molecule is CCCCC1=CCC(C)(OCC)C(c2cn(C)c(=O)c3cnc(C(C=NC)=CN)nc23)=C1. The maximum absolute atomic E-state index is 12.9. The molecule has 0 aliphatic heterocycles. The highest BCUT2D eigenvalue weighted by molar-refractivity contribution is 6.08. The molecule has 32 heavy (non-hydrogen) atoms. The quantitative estimate of drug-likeness (QED) is 0.632. The van der Waals surface area contributed by atoms with E-state index in [1.54, 1.807) is 31.1 Å². The molecular weight excluding hydrogens is 402 g/mol. The van der Waals surface area contributed by atoms with Crippen LogP contribution in [-0.2, 0) is 11.8 Å². The summed E-state index contributed by atoms with van der Waals surface area (Å²) in [6.45, 7) is 6.88. The van der Waals surface area contributed by atoms with E-state index in [1.165, 1.54) is 11.8 Å². The summed E-state index contributed by atoms with van der Waals surface area (Å²) in [7, 11) is 3.42. The molecule has 2 heterocycles. The summed E-state index contributed by atoms with van der Waals surface area (Å²) in [5.41, 5.74) is 9.49. The fourth-order valence-electron chi connectivity index (χ4n) is 4.10. The molecule has 0 bridgehead atoms. The van der Waals surface area contributed by atoms with E-state index in [0.29, 0.717) is 28.9 Å². The smallest absolute Gasteiger partial charge is 0.261 e. The molecule has 7 heteroatoms. The van der Waals surface area contributed by atoms with Gasteiger partial charge in [0, 0.05) is 51.1 Å². The van der Waals surface area contributed by atoms with Crippen molar-refractivity contribution in [3.05, 3.63) is 58.1 Å². The summed E-state index contributed by atoms with van der Waals surface area (Å²) in [5.74, 6) is 0.427. The first kappa shape index (κ1) is 23.6. The van der Waals surface area contributed by atoms with Gasteiger partial charge in [-0.1, -0.05) is 31.1 Å². The highest BCUT2D eigenvalue weighted by Gasteiger charge is 2.34. The fraction of sp³-hybridized carbons (Fsp3) is 0.440. The van der Waals surface area contributed by atoms with Crippen molar-refractivity contribution in [3.8, 4) is 0 Å². The molecule has 170 valence electrons. The molecule has 0 amide bonds. The molecule has 0 saturated heterocycles. The van der Waals surface area contributed by atoms with Crippen molar-refractivity contribution in [3.63, 3.8) is 0 Å². The molecule has 1 unspecified atom stereocenters. The average Bonchev–Trinajstić information content (AvgIpc) is 2.79. The Labute approximate surface area is 189 Å². The van der Waals surface area contributed by atoms with Gasteiger partial charge in [-0.15, -0.1) is 0 Å². The number of hydrogen-bond donors (Lipinski definition) is 1. The van der Waals surface area contributed by atoms with Gasteiger partial charge < -0.3 is 15.0 Å². The van der Waals surface area contributed by atoms with Crippen molar-refractivity contribution in [2.75, 3.05) is 13.7 Å². The van der Waals surface area contributed by atoms with Crippen LogP contribution in [0.15, 0.2) is 46.1 Å². The van der Waals surface area contributed by atoms with Gasteiger partial charge in [0.1, 0.15) is 0 Å². The summed E-state index contributed by atoms with van der Waals surface area (Å²) < 4.78 is 7.84. The van der Waals surface area contributed by atoms with Crippen molar-refractivity contribution in [2.45, 2.75) is 52.1 Å². The monoisotopic (exact) mass is 435 g/mol. The van der Waals surface area contributed by atoms with Gasteiger partial charge in [0.05, 0.1) is 22.1 Å². The van der Waals surface area contributed by atoms with E-state index in [9.17, 15) is 4.79 Å². The third-order valence-electron chi connectivity index (χ3n) is 5.85. The molecule has 2 aromatic heterocycles. The van der Waals surface area contributed by atoms with Gasteiger partial charge in [-0.3, -0.25) is 9.79 Å². The van der Waals surface area contributed by atoms with Crippen molar-refractivity contribution < 1.29 is 4.74 Å². The maximum atomic E-state index is 12.9. The van der Waals surface area contributed by atoms with E-state index in [1.807, 2.05) is 13.1 Å². The molecule has 7 nitrogen and oxygen atoms in total. The molecule has 0 spiro atoms. The number of rotatable bonds is 8. The van der Waals surface area contributed by atoms with Crippen molar-refractivity contribution >= 4 is 28.3 Å². The zero-order chi connectivity index (χ0) is 23.3. The summed E-state index contributed by atoms with van der Waals surface area (Å²) in [5, 5.41) is 0.461. The number of hydrogen-bond acceptors (Lipinski definition) is 6. The van der Waals surface area contributed by atoms with Crippen LogP contribution in [-0.4, -0.2) is 40.0 Å². The molecule has 3 rings (SSSR count). The Morgan fingerprint density at radius 1 is 1.41 bits per heavy atom. The highest BCUT2D eigenvalue weighted by Crippen LogP contribution is 2.40. The Morgan fingerprint density at radius 2 is 2.19 bits per heavy atom. The molecule has 0 saturated carbocycles. The van der Waals surface area contributed by atoms with Gasteiger partial charge in [-0.05, 0) is 38.7 Å². The lowest BCUT2D eigenvalue weighted by Gasteiger charge is -2.35. The number of aliphatic imine (C=N–C) groups is 1. The van der Waals surface area contributed by atoms with Gasteiger partial charge in [-0.25, -0.2) is 9.97 Å². The standard InChI is InChI=1S/C25H33N5O2/c1-6-8-9-17-10-11-25(3,32-7-2)21(12-17)20-16-30(5)24(31)19-15-28-23(29-22(19)20)18(13-26)14-27-4/h10,12-16H,6-9,11,26H2,1-5H3. The van der Waals surface area contributed by atoms with Gasteiger partial charge in [0.2, 0.25) is 0 Å². The van der Waals surface area contributed by atoms with Crippen LogP contribution in [0.2, 0.25) is 0 Å². The van der Waals surface area contributed by atoms with Crippen LogP contribution in [0.4, 0.5) is 0 Å². The second-order valence-electron chi connectivity index (χ2n) is 8.23. The molecule has 0 fully saturated rings. The van der Waals surface area contributed by atoms with Crippen LogP contribution >= 0.6 is 0 Å². The minimum atomic E-state index is -0.517. The highest BCUT2D eigenvalue weighted by atomic mass is 16.5. The van der Waals surface area contributed by atoms with Crippen LogP contribution in [0.25, 0.3) is 22.0 Å². The molecule has 2 aromatic rings. The number of nitrogens with zero attached hydrogens (tertiary/aromatic N) is 4. The van der Waals surface area contributed by atoms with Crippen molar-refractivity contribution in [2.24, 2.45) is 17.8 Å². The van der Waals surface area contributed by atoms with E-state index in [-0.39, 0.29) is 5.56 Å². The Balaban J connectivity index is 2.30. The summed E-state index contributed by atoms with van der Waals surface area (Å²) in [6.07, 6.45) is 15.0. The second kappa shape index (κ2) is 10.0. The predicted molar refractivity (Wildman–Crippen MR) is 132 cm³/mol. The Morgan fingerprint density at radius 3 is 2.84 bits per heavy atom. The number of pyridine rings is 1. The Hall–Kier alpha value is -3.06. The van der Waals surface area contributed by atoms with Crippen LogP contribution in [0.5, 0.6) is 0 Å². The predicted octanol–water partition coefficient (Wildman–Crippen LogP) is 4.03. The third kappa shape index (κ3) is 4.58. The summed E-state index contributed by atoms with van der Waals surface area (Å²) >= 11 is 0. The zero-order valence-electron chi connectivity index (χ0n) is 19.7. The maximum Gasteiger partial charge on any atom is 0.261 e. The number of aryl methyl sites for hydroxylation is 1. The Bertz CT molecular complexity index is 1170. The van der Waals surface area contributed by atoms with Gasteiger partial charge in [0.15, 0.2) is 5.82 Å². The molecule has 1 aliphatic carbocycles. The van der Waals surface area contributed by atoms with Gasteiger partial charge in [-0.2, -0.15) is 0 Å². The topological polar surface area (TPSA) is 95.4 Å². The van der Waals surface area contributed by atoms with Gasteiger partial charge >= 0.3 is 0 Å². The molecule has 2 N–H and O–H groups in total. The lowest BCUT2D eigenvalue weighted by Crippen LogP contribution is -2.33. The number of aromatic nitrogens is 3. The fourth-order valence-corrected chi connectivity index (χ4v) is 4.10. The summed E-state index contributed by atoms with van der Waals surface area (Å²) in [6, 6.07) is 0. The second-order valence-corrected chi connectivity index (χ2v) is 8.23. The number of nitrogens with two attached hydrogens (primary N) is 1. The van der Waals surface area contributed by atoms with Crippen LogP contribution in [0.1, 0.15) is 57.8 Å². The van der Waals surface area contributed by atoms with Crippen molar-refractivity contribution in [1.29, 1.82) is 0 Å². The lowest BCUT2D eigenvalue weighted by molar-refractivity contribution is 0.0233. The van der Waals surface area contributed by atoms with Crippen LogP contribution in [0, 0.1) is 0 Å². The molecule has 1 atom stereocenters. The third-order valence-corrected chi connectivity index (χ3v) is 5.85. The Kier molecular flexibility index (Phi) is 7.40. The summed E-state index contributed by atoms with van der Waals surface area (Å²) in [4.78, 5) is 26.1. The van der Waals surface area contributed by atoms with E-state index in [4.69, 9.17) is 15.5 Å². The van der Waals surface area contributed by atoms with Crippen LogP contribution in [0.3, 0.4) is 0 Å². The van der Waals surface area contributed by atoms with E-state index >= 15 is 0 Å². The minimum Gasteiger partial charge on any atom is -0.404 e. The zero-order valence-corrected chi connectivity index (χ0v) is 19.7. The first-order valence-corrected chi connectivity index (χ1v) is 11.1. The van der Waals surface area contributed by atoms with Crippen molar-refractivity contribution in [1.82, 2.24) is 14.5 Å².